The van der Waals surface area contributed by atoms with Crippen molar-refractivity contribution < 1.29 is 9.53 Å². The summed E-state index contributed by atoms with van der Waals surface area (Å²) in [4.78, 5) is 31.5. The van der Waals surface area contributed by atoms with E-state index in [0.717, 1.165) is 65.3 Å². The van der Waals surface area contributed by atoms with E-state index in [1.807, 2.05) is 17.0 Å². The lowest BCUT2D eigenvalue weighted by atomic mass is 10.0. The average molecular weight is 589 g/mol. The van der Waals surface area contributed by atoms with Crippen LogP contribution < -0.4 is 14.5 Å². The van der Waals surface area contributed by atoms with E-state index in [1.165, 1.54) is 11.6 Å². The molecule has 0 unspecified atom stereocenters. The summed E-state index contributed by atoms with van der Waals surface area (Å²) in [6.45, 7) is 12.4. The van der Waals surface area contributed by atoms with Gasteiger partial charge >= 0.3 is 6.01 Å². The molecular formula is C33H41ClN6O2. The van der Waals surface area contributed by atoms with Gasteiger partial charge in [-0.3, -0.25) is 4.79 Å². The molecule has 0 N–H and O–H groups in total. The third kappa shape index (κ3) is 5.54. The van der Waals surface area contributed by atoms with Gasteiger partial charge in [0.05, 0.1) is 23.9 Å². The molecule has 222 valence electrons. The maximum Gasteiger partial charge on any atom is 0.318 e. The van der Waals surface area contributed by atoms with Crippen LogP contribution in [0.3, 0.4) is 0 Å². The van der Waals surface area contributed by atoms with E-state index in [9.17, 15) is 4.79 Å². The monoisotopic (exact) mass is 588 g/mol. The molecule has 2 fully saturated rings. The molecule has 6 rings (SSSR count). The molecular weight excluding hydrogens is 548 g/mol. The lowest BCUT2D eigenvalue weighted by Crippen LogP contribution is -2.58. The highest BCUT2D eigenvalue weighted by Crippen LogP contribution is 2.46. The van der Waals surface area contributed by atoms with Gasteiger partial charge in [0.1, 0.15) is 5.82 Å². The van der Waals surface area contributed by atoms with Crippen molar-refractivity contribution in [2.75, 3.05) is 56.7 Å². The standard InChI is InChI=1S/C33H41ClN6O2/c1-6-29(41)40-22(2)17-39(18-23(40)3)31-25-13-16-38(28-12-8-10-24-9-7-11-26(34)30(24)28)19-27(25)35-32(36-31)42-21-33(14-15-33)20-37(4)5/h6-12,22-23H,1,13-21H2,2-5H3/t22-,23+. The maximum atomic E-state index is 12.6. The topological polar surface area (TPSA) is 65.0 Å². The molecule has 1 saturated heterocycles. The first-order valence-electron chi connectivity index (χ1n) is 15.0. The molecule has 3 heterocycles. The van der Waals surface area contributed by atoms with E-state index in [4.69, 9.17) is 26.3 Å². The maximum absolute atomic E-state index is 12.6. The average Bonchev–Trinajstić information content (AvgIpc) is 3.73. The fourth-order valence-corrected chi connectivity index (χ4v) is 7.19. The van der Waals surface area contributed by atoms with Crippen molar-refractivity contribution in [2.24, 2.45) is 5.41 Å². The van der Waals surface area contributed by atoms with E-state index < -0.39 is 0 Å². The SMILES string of the molecule is C=CC(=O)N1[C@H](C)CN(c2nc(OCC3(CN(C)C)CC3)nc3c2CCN(c2cccc4cccc(Cl)c24)C3)C[C@@H]1C. The number of halogens is 1. The van der Waals surface area contributed by atoms with Gasteiger partial charge in [0, 0.05) is 60.3 Å². The van der Waals surface area contributed by atoms with Gasteiger partial charge in [0.15, 0.2) is 0 Å². The Hall–Kier alpha value is -3.36. The second-order valence-corrected chi connectivity index (χ2v) is 13.0. The summed E-state index contributed by atoms with van der Waals surface area (Å²) in [5.41, 5.74) is 3.46. The zero-order valence-corrected chi connectivity index (χ0v) is 25.9. The second kappa shape index (κ2) is 11.4. The third-order valence-electron chi connectivity index (χ3n) is 8.96. The fraction of sp³-hybridized carbons (Fsp3) is 0.485. The van der Waals surface area contributed by atoms with Gasteiger partial charge in [0.2, 0.25) is 5.91 Å². The Bertz CT molecular complexity index is 1490. The predicted molar refractivity (Wildman–Crippen MR) is 170 cm³/mol. The van der Waals surface area contributed by atoms with Crippen molar-refractivity contribution in [1.29, 1.82) is 0 Å². The summed E-state index contributed by atoms with van der Waals surface area (Å²) in [6, 6.07) is 12.9. The summed E-state index contributed by atoms with van der Waals surface area (Å²) < 4.78 is 6.40. The normalized spacial score (nSPS) is 21.4. The minimum Gasteiger partial charge on any atom is -0.463 e. The molecule has 1 aromatic heterocycles. The van der Waals surface area contributed by atoms with Gasteiger partial charge in [-0.05, 0) is 70.8 Å². The largest absolute Gasteiger partial charge is 0.463 e. The van der Waals surface area contributed by atoms with E-state index in [-0.39, 0.29) is 23.4 Å². The quantitative estimate of drug-likeness (QED) is 0.336. The van der Waals surface area contributed by atoms with E-state index in [0.29, 0.717) is 32.3 Å². The minimum atomic E-state index is -0.0246. The van der Waals surface area contributed by atoms with E-state index in [1.54, 1.807) is 0 Å². The molecule has 3 aromatic rings. The van der Waals surface area contributed by atoms with Gasteiger partial charge in [-0.25, -0.2) is 0 Å². The number of carbonyl (C=O) groups excluding carboxylic acids is 1. The van der Waals surface area contributed by atoms with Crippen molar-refractivity contribution in [2.45, 2.75) is 51.7 Å². The number of fused-ring (bicyclic) bond motifs is 2. The smallest absolute Gasteiger partial charge is 0.318 e. The Balaban J connectivity index is 1.34. The molecule has 9 heteroatoms. The number of ether oxygens (including phenoxy) is 1. The van der Waals surface area contributed by atoms with Gasteiger partial charge in [-0.15, -0.1) is 0 Å². The van der Waals surface area contributed by atoms with Crippen molar-refractivity contribution in [3.8, 4) is 6.01 Å². The van der Waals surface area contributed by atoms with Gasteiger partial charge < -0.3 is 24.3 Å². The highest BCUT2D eigenvalue weighted by atomic mass is 35.5. The molecule has 8 nitrogen and oxygen atoms in total. The van der Waals surface area contributed by atoms with Crippen molar-refractivity contribution >= 4 is 39.8 Å². The van der Waals surface area contributed by atoms with Crippen LogP contribution in [0.2, 0.25) is 5.02 Å². The third-order valence-corrected chi connectivity index (χ3v) is 9.27. The van der Waals surface area contributed by atoms with Crippen LogP contribution in [-0.4, -0.2) is 84.6 Å². The first kappa shape index (κ1) is 28.7. The molecule has 1 aliphatic carbocycles. The molecule has 0 spiro atoms. The predicted octanol–water partition coefficient (Wildman–Crippen LogP) is 5.18. The molecule has 2 aromatic carbocycles. The molecule has 3 aliphatic rings. The zero-order valence-electron chi connectivity index (χ0n) is 25.1. The Labute approximate surface area is 253 Å². The van der Waals surface area contributed by atoms with Crippen LogP contribution in [-0.2, 0) is 17.8 Å². The van der Waals surface area contributed by atoms with Crippen molar-refractivity contribution in [3.63, 3.8) is 0 Å². The van der Waals surface area contributed by atoms with Crippen LogP contribution >= 0.6 is 11.6 Å². The van der Waals surface area contributed by atoms with Crippen LogP contribution in [0.1, 0.15) is 37.9 Å². The summed E-state index contributed by atoms with van der Waals surface area (Å²) >= 11 is 6.71. The Kier molecular flexibility index (Phi) is 7.79. The number of rotatable bonds is 8. The zero-order chi connectivity index (χ0) is 29.6. The molecule has 2 aliphatic heterocycles. The van der Waals surface area contributed by atoms with Crippen LogP contribution in [0.5, 0.6) is 6.01 Å². The number of amides is 1. The Morgan fingerprint density at radius 2 is 1.83 bits per heavy atom. The highest BCUT2D eigenvalue weighted by molar-refractivity contribution is 6.36. The first-order chi connectivity index (χ1) is 20.2. The van der Waals surface area contributed by atoms with Crippen molar-refractivity contribution in [3.05, 3.63) is 65.3 Å². The number of hydrogen-bond acceptors (Lipinski definition) is 7. The lowest BCUT2D eigenvalue weighted by molar-refractivity contribution is -0.130. The number of hydrogen-bond donors (Lipinski definition) is 0. The summed E-state index contributed by atoms with van der Waals surface area (Å²) in [5.74, 6) is 0.913. The lowest BCUT2D eigenvalue weighted by Gasteiger charge is -2.45. The molecule has 1 saturated carbocycles. The van der Waals surface area contributed by atoms with Gasteiger partial charge in [0.25, 0.3) is 0 Å². The van der Waals surface area contributed by atoms with Crippen LogP contribution in [0.25, 0.3) is 10.8 Å². The Morgan fingerprint density at radius 1 is 1.12 bits per heavy atom. The molecule has 0 bridgehead atoms. The van der Waals surface area contributed by atoms with Crippen molar-refractivity contribution in [1.82, 2.24) is 19.8 Å². The van der Waals surface area contributed by atoms with Gasteiger partial charge in [-0.2, -0.15) is 9.97 Å². The fourth-order valence-electron chi connectivity index (χ4n) is 6.91. The molecule has 0 radical (unpaired) electrons. The van der Waals surface area contributed by atoms with E-state index >= 15 is 0 Å². The molecule has 42 heavy (non-hydrogen) atoms. The van der Waals surface area contributed by atoms with Crippen LogP contribution in [0, 0.1) is 5.41 Å². The second-order valence-electron chi connectivity index (χ2n) is 12.6. The number of carbonyl (C=O) groups is 1. The number of anilines is 2. The van der Waals surface area contributed by atoms with Crippen LogP contribution in [0.4, 0.5) is 11.5 Å². The number of benzene rings is 2. The first-order valence-corrected chi connectivity index (χ1v) is 15.3. The molecule has 1 amide bonds. The van der Waals surface area contributed by atoms with Crippen LogP contribution in [0.15, 0.2) is 49.1 Å². The molecule has 2 atom stereocenters. The summed E-state index contributed by atoms with van der Waals surface area (Å²) in [7, 11) is 4.22. The number of nitrogens with zero attached hydrogens (tertiary/aromatic N) is 6. The van der Waals surface area contributed by atoms with E-state index in [2.05, 4.69) is 73.5 Å². The number of piperazine rings is 1. The summed E-state index contributed by atoms with van der Waals surface area (Å²) in [5, 5.41) is 2.96. The Morgan fingerprint density at radius 3 is 2.50 bits per heavy atom. The minimum absolute atomic E-state index is 0.0246. The van der Waals surface area contributed by atoms with Gasteiger partial charge in [-0.1, -0.05) is 42.4 Å². The summed E-state index contributed by atoms with van der Waals surface area (Å²) in [6.07, 6.45) is 4.54. The highest BCUT2D eigenvalue weighted by Gasteiger charge is 2.44. The number of aromatic nitrogens is 2.